The lowest BCUT2D eigenvalue weighted by molar-refractivity contribution is -0.150. The van der Waals surface area contributed by atoms with Crippen LogP contribution in [-0.4, -0.2) is 48.5 Å². The molecule has 0 aliphatic heterocycles. The van der Waals surface area contributed by atoms with Crippen LogP contribution in [0.5, 0.6) is 0 Å². The molecule has 1 aromatic rings. The average Bonchev–Trinajstić information content (AvgIpc) is 2.57. The van der Waals surface area contributed by atoms with Gasteiger partial charge in [0.15, 0.2) is 11.8 Å². The van der Waals surface area contributed by atoms with Crippen molar-refractivity contribution in [3.05, 3.63) is 35.9 Å². The summed E-state index contributed by atoms with van der Waals surface area (Å²) in [4.78, 5) is 48.2. The quantitative estimate of drug-likeness (QED) is 0.522. The zero-order valence-corrected chi connectivity index (χ0v) is 16.0. The van der Waals surface area contributed by atoms with E-state index in [0.717, 1.165) is 0 Å². The summed E-state index contributed by atoms with van der Waals surface area (Å²) in [5, 5.41) is 4.57. The number of ether oxygens (including phenoxy) is 2. The van der Waals surface area contributed by atoms with Crippen LogP contribution in [0.2, 0.25) is 0 Å². The van der Waals surface area contributed by atoms with E-state index in [9.17, 15) is 19.2 Å². The van der Waals surface area contributed by atoms with Crippen molar-refractivity contribution < 1.29 is 28.7 Å². The molecule has 0 bridgehead atoms. The summed E-state index contributed by atoms with van der Waals surface area (Å²) in [6, 6.07) is 7.38. The van der Waals surface area contributed by atoms with E-state index >= 15 is 0 Å². The molecule has 1 atom stereocenters. The number of carbonyl (C=O) groups is 4. The van der Waals surface area contributed by atoms with Gasteiger partial charge in [0.1, 0.15) is 12.1 Å². The Morgan fingerprint density at radius 1 is 1.07 bits per heavy atom. The molecule has 2 amide bonds. The SMILES string of the molecule is CCOC(=O)C(NC(=O)CNC(=O)OC(C)(C)C)C(=O)Cc1ccccc1. The fourth-order valence-electron chi connectivity index (χ4n) is 2.07. The maximum Gasteiger partial charge on any atom is 0.408 e. The van der Waals surface area contributed by atoms with Crippen LogP contribution in [-0.2, 0) is 30.3 Å². The number of rotatable bonds is 8. The summed E-state index contributed by atoms with van der Waals surface area (Å²) >= 11 is 0. The zero-order chi connectivity index (χ0) is 20.4. The molecule has 0 aliphatic carbocycles. The number of nitrogens with one attached hydrogen (secondary N) is 2. The smallest absolute Gasteiger partial charge is 0.408 e. The van der Waals surface area contributed by atoms with Gasteiger partial charge in [0.2, 0.25) is 5.91 Å². The predicted molar refractivity (Wildman–Crippen MR) is 98.0 cm³/mol. The Morgan fingerprint density at radius 2 is 1.70 bits per heavy atom. The van der Waals surface area contributed by atoms with Crippen molar-refractivity contribution in [2.24, 2.45) is 0 Å². The number of amides is 2. The normalized spacial score (nSPS) is 11.9. The van der Waals surface area contributed by atoms with Crippen molar-refractivity contribution in [2.45, 2.75) is 45.8 Å². The second-order valence-corrected chi connectivity index (χ2v) is 6.74. The highest BCUT2D eigenvalue weighted by Gasteiger charge is 2.29. The molecule has 2 N–H and O–H groups in total. The molecule has 0 saturated heterocycles. The molecule has 1 unspecified atom stereocenters. The summed E-state index contributed by atoms with van der Waals surface area (Å²) < 4.78 is 9.89. The molecule has 0 radical (unpaired) electrons. The van der Waals surface area contributed by atoms with Gasteiger partial charge < -0.3 is 20.1 Å². The molecule has 1 aromatic carbocycles. The minimum atomic E-state index is -1.45. The molecular formula is C19H26N2O6. The third-order valence-electron chi connectivity index (χ3n) is 3.16. The van der Waals surface area contributed by atoms with Crippen LogP contribution < -0.4 is 10.6 Å². The van der Waals surface area contributed by atoms with E-state index in [1.54, 1.807) is 58.0 Å². The number of hydrogen-bond donors (Lipinski definition) is 2. The van der Waals surface area contributed by atoms with Gasteiger partial charge in [-0.3, -0.25) is 9.59 Å². The molecule has 8 nitrogen and oxygen atoms in total. The molecule has 0 saturated carbocycles. The number of ketones is 1. The highest BCUT2D eigenvalue weighted by atomic mass is 16.6. The van der Waals surface area contributed by atoms with Crippen molar-refractivity contribution in [3.8, 4) is 0 Å². The Hall–Kier alpha value is -2.90. The second-order valence-electron chi connectivity index (χ2n) is 6.74. The summed E-state index contributed by atoms with van der Waals surface area (Å²) in [6.45, 7) is 6.29. The maximum absolute atomic E-state index is 12.5. The predicted octanol–water partition coefficient (Wildman–Crippen LogP) is 1.37. The van der Waals surface area contributed by atoms with E-state index in [4.69, 9.17) is 9.47 Å². The summed E-state index contributed by atoms with van der Waals surface area (Å²) in [5.41, 5.74) is -0.00224. The number of Topliss-reactive ketones (excluding diaryl/α,β-unsaturated/α-hetero) is 1. The van der Waals surface area contributed by atoms with Crippen molar-refractivity contribution >= 4 is 23.8 Å². The zero-order valence-electron chi connectivity index (χ0n) is 16.0. The first kappa shape index (κ1) is 22.1. The highest BCUT2D eigenvalue weighted by Crippen LogP contribution is 2.06. The Morgan fingerprint density at radius 3 is 2.26 bits per heavy atom. The summed E-state index contributed by atoms with van der Waals surface area (Å²) in [6.07, 6.45) is -0.815. The number of benzene rings is 1. The van der Waals surface area contributed by atoms with Gasteiger partial charge in [0.05, 0.1) is 6.61 Å². The van der Waals surface area contributed by atoms with E-state index in [1.807, 2.05) is 0 Å². The molecule has 27 heavy (non-hydrogen) atoms. The van der Waals surface area contributed by atoms with Crippen LogP contribution in [0.3, 0.4) is 0 Å². The first-order valence-corrected chi connectivity index (χ1v) is 8.62. The van der Waals surface area contributed by atoms with Crippen LogP contribution in [0.15, 0.2) is 30.3 Å². The van der Waals surface area contributed by atoms with Crippen molar-refractivity contribution in [3.63, 3.8) is 0 Å². The fraction of sp³-hybridized carbons (Fsp3) is 0.474. The Balaban J connectivity index is 2.68. The van der Waals surface area contributed by atoms with Gasteiger partial charge >= 0.3 is 12.1 Å². The Kier molecular flexibility index (Phi) is 8.44. The maximum atomic E-state index is 12.5. The molecule has 0 heterocycles. The number of carbonyl (C=O) groups excluding carboxylic acids is 4. The third kappa shape index (κ3) is 8.84. The van der Waals surface area contributed by atoms with Gasteiger partial charge in [-0.2, -0.15) is 0 Å². The fourth-order valence-corrected chi connectivity index (χ4v) is 2.07. The van der Waals surface area contributed by atoms with Crippen molar-refractivity contribution in [2.75, 3.05) is 13.2 Å². The highest BCUT2D eigenvalue weighted by molar-refractivity contribution is 6.06. The van der Waals surface area contributed by atoms with Crippen LogP contribution >= 0.6 is 0 Å². The lowest BCUT2D eigenvalue weighted by Crippen LogP contribution is -2.51. The first-order chi connectivity index (χ1) is 12.6. The van der Waals surface area contributed by atoms with Gasteiger partial charge in [0.25, 0.3) is 0 Å². The monoisotopic (exact) mass is 378 g/mol. The number of esters is 1. The molecule has 0 spiro atoms. The molecule has 0 aliphatic rings. The van der Waals surface area contributed by atoms with Crippen LogP contribution in [0.25, 0.3) is 0 Å². The van der Waals surface area contributed by atoms with Gasteiger partial charge in [-0.25, -0.2) is 9.59 Å². The largest absolute Gasteiger partial charge is 0.464 e. The molecule has 1 rings (SSSR count). The summed E-state index contributed by atoms with van der Waals surface area (Å²) in [5.74, 6) is -2.06. The van der Waals surface area contributed by atoms with E-state index in [2.05, 4.69) is 10.6 Å². The van der Waals surface area contributed by atoms with Crippen LogP contribution in [0.4, 0.5) is 4.79 Å². The Bertz CT molecular complexity index is 667. The molecule has 0 fully saturated rings. The van der Waals surface area contributed by atoms with Gasteiger partial charge in [0, 0.05) is 6.42 Å². The minimum Gasteiger partial charge on any atom is -0.464 e. The average molecular weight is 378 g/mol. The standard InChI is InChI=1S/C19H26N2O6/c1-5-26-17(24)16(14(22)11-13-9-7-6-8-10-13)21-15(23)12-20-18(25)27-19(2,3)4/h6-10,16H,5,11-12H2,1-4H3,(H,20,25)(H,21,23). The molecule has 148 valence electrons. The molecule has 0 aromatic heterocycles. The number of alkyl carbamates (subject to hydrolysis) is 1. The van der Waals surface area contributed by atoms with Crippen LogP contribution in [0.1, 0.15) is 33.3 Å². The topological polar surface area (TPSA) is 111 Å². The Labute approximate surface area is 158 Å². The van der Waals surface area contributed by atoms with Gasteiger partial charge in [-0.15, -0.1) is 0 Å². The first-order valence-electron chi connectivity index (χ1n) is 8.62. The summed E-state index contributed by atoms with van der Waals surface area (Å²) in [7, 11) is 0. The van der Waals surface area contributed by atoms with E-state index in [1.165, 1.54) is 0 Å². The third-order valence-corrected chi connectivity index (χ3v) is 3.16. The van der Waals surface area contributed by atoms with Crippen molar-refractivity contribution in [1.29, 1.82) is 0 Å². The molecule has 8 heteroatoms. The lowest BCUT2D eigenvalue weighted by Gasteiger charge is -2.20. The van der Waals surface area contributed by atoms with Gasteiger partial charge in [-0.05, 0) is 33.3 Å². The van der Waals surface area contributed by atoms with E-state index in [0.29, 0.717) is 5.56 Å². The van der Waals surface area contributed by atoms with E-state index in [-0.39, 0.29) is 13.0 Å². The van der Waals surface area contributed by atoms with E-state index < -0.39 is 41.9 Å². The van der Waals surface area contributed by atoms with Gasteiger partial charge in [-0.1, -0.05) is 30.3 Å². The number of hydrogen-bond acceptors (Lipinski definition) is 6. The lowest BCUT2D eigenvalue weighted by atomic mass is 10.0. The minimum absolute atomic E-state index is 0.0376. The molecular weight excluding hydrogens is 352 g/mol. The van der Waals surface area contributed by atoms with Crippen LogP contribution in [0, 0.1) is 0 Å². The second kappa shape index (κ2) is 10.3. The van der Waals surface area contributed by atoms with Crippen molar-refractivity contribution in [1.82, 2.24) is 10.6 Å².